The van der Waals surface area contributed by atoms with Gasteiger partial charge in [0.15, 0.2) is 0 Å². The highest BCUT2D eigenvalue weighted by Crippen LogP contribution is 2.26. The summed E-state index contributed by atoms with van der Waals surface area (Å²) in [5.74, 6) is 1.21. The van der Waals surface area contributed by atoms with Gasteiger partial charge in [0.1, 0.15) is 11.5 Å². The molecule has 1 aromatic carbocycles. The van der Waals surface area contributed by atoms with Gasteiger partial charge in [-0.3, -0.25) is 4.79 Å². The second-order valence-electron chi connectivity index (χ2n) is 6.01. The number of carbonyl (C=O) groups is 1. The van der Waals surface area contributed by atoms with Crippen LogP contribution in [0.3, 0.4) is 0 Å². The zero-order valence-corrected chi connectivity index (χ0v) is 14.8. The smallest absolute Gasteiger partial charge is 0.275 e. The number of carbonyl (C=O) groups excluding carboxylic acids is 1. The Morgan fingerprint density at radius 2 is 1.96 bits per heavy atom. The van der Waals surface area contributed by atoms with Crippen LogP contribution < -0.4 is 10.2 Å². The molecule has 1 aromatic heterocycles. The Hall–Kier alpha value is -1.85. The normalized spacial score (nSPS) is 15.4. The number of piperidine rings is 1. The lowest BCUT2D eigenvalue weighted by Crippen LogP contribution is -2.33. The van der Waals surface area contributed by atoms with E-state index in [1.165, 1.54) is 6.20 Å². The highest BCUT2D eigenvalue weighted by atomic mass is 35.5. The van der Waals surface area contributed by atoms with Crippen LogP contribution in [0.25, 0.3) is 0 Å². The number of hydrogen-bond acceptors (Lipinski definition) is 4. The minimum Gasteiger partial charge on any atom is -0.355 e. The molecule has 0 bridgehead atoms. The average molecular weight is 365 g/mol. The molecular weight excluding hydrogens is 347 g/mol. The van der Waals surface area contributed by atoms with Crippen LogP contribution in [0.4, 0.5) is 11.5 Å². The Bertz CT molecular complexity index is 728. The van der Waals surface area contributed by atoms with Crippen molar-refractivity contribution in [2.75, 3.05) is 23.3 Å². The Kier molecular flexibility index (Phi) is 5.21. The first-order valence-electron chi connectivity index (χ1n) is 7.86. The van der Waals surface area contributed by atoms with Gasteiger partial charge in [-0.1, -0.05) is 30.1 Å². The maximum Gasteiger partial charge on any atom is 0.275 e. The Morgan fingerprint density at radius 3 is 2.58 bits per heavy atom. The van der Waals surface area contributed by atoms with Crippen LogP contribution >= 0.6 is 23.2 Å². The van der Waals surface area contributed by atoms with E-state index in [1.807, 2.05) is 0 Å². The number of anilines is 2. The predicted molar refractivity (Wildman–Crippen MR) is 97.1 cm³/mol. The molecule has 126 valence electrons. The van der Waals surface area contributed by atoms with Crippen molar-refractivity contribution in [2.24, 2.45) is 5.92 Å². The number of nitrogens with zero attached hydrogens (tertiary/aromatic N) is 3. The Balaban J connectivity index is 1.67. The van der Waals surface area contributed by atoms with Crippen LogP contribution in [0.15, 0.2) is 30.6 Å². The highest BCUT2D eigenvalue weighted by Gasteiger charge is 2.18. The molecule has 1 N–H and O–H groups in total. The Labute approximate surface area is 151 Å². The number of rotatable bonds is 3. The summed E-state index contributed by atoms with van der Waals surface area (Å²) >= 11 is 11.9. The molecular formula is C17H18Cl2N4O. The SMILES string of the molecule is CC1CCN(c2cnc(C(=O)Nc3ccc(Cl)cc3Cl)cn2)CC1. The van der Waals surface area contributed by atoms with Gasteiger partial charge in [-0.25, -0.2) is 9.97 Å². The van der Waals surface area contributed by atoms with Gasteiger partial charge in [0.05, 0.1) is 23.1 Å². The van der Waals surface area contributed by atoms with E-state index in [2.05, 4.69) is 27.1 Å². The van der Waals surface area contributed by atoms with Crippen molar-refractivity contribution in [3.63, 3.8) is 0 Å². The maximum absolute atomic E-state index is 12.3. The molecule has 0 spiro atoms. The standard InChI is InChI=1S/C17H18Cl2N4O/c1-11-4-6-23(7-5-11)16-10-20-15(9-21-16)17(24)22-14-3-2-12(18)8-13(14)19/h2-3,8-11H,4-7H2,1H3,(H,22,24). The van der Waals surface area contributed by atoms with Gasteiger partial charge in [-0.2, -0.15) is 0 Å². The van der Waals surface area contributed by atoms with Crippen LogP contribution in [0.5, 0.6) is 0 Å². The lowest BCUT2D eigenvalue weighted by atomic mass is 9.99. The molecule has 7 heteroatoms. The summed E-state index contributed by atoms with van der Waals surface area (Å²) in [6.45, 7) is 4.21. The quantitative estimate of drug-likeness (QED) is 0.883. The fraction of sp³-hybridized carbons (Fsp3) is 0.353. The lowest BCUT2D eigenvalue weighted by molar-refractivity contribution is 0.102. The summed E-state index contributed by atoms with van der Waals surface area (Å²) in [5, 5.41) is 3.60. The van der Waals surface area contributed by atoms with Crippen molar-refractivity contribution in [3.05, 3.63) is 46.3 Å². The second-order valence-corrected chi connectivity index (χ2v) is 6.85. The molecule has 3 rings (SSSR count). The van der Waals surface area contributed by atoms with Gasteiger partial charge in [0.2, 0.25) is 0 Å². The minimum atomic E-state index is -0.356. The fourth-order valence-electron chi connectivity index (χ4n) is 2.62. The molecule has 1 fully saturated rings. The maximum atomic E-state index is 12.3. The molecule has 0 saturated carbocycles. The first-order valence-corrected chi connectivity index (χ1v) is 8.62. The number of hydrogen-bond donors (Lipinski definition) is 1. The topological polar surface area (TPSA) is 58.1 Å². The van der Waals surface area contributed by atoms with Crippen LogP contribution in [0.1, 0.15) is 30.3 Å². The van der Waals surface area contributed by atoms with E-state index in [4.69, 9.17) is 23.2 Å². The number of aromatic nitrogens is 2. The largest absolute Gasteiger partial charge is 0.355 e. The Morgan fingerprint density at radius 1 is 1.21 bits per heavy atom. The number of nitrogens with one attached hydrogen (secondary N) is 1. The zero-order valence-electron chi connectivity index (χ0n) is 13.3. The van der Waals surface area contributed by atoms with E-state index in [-0.39, 0.29) is 11.6 Å². The van der Waals surface area contributed by atoms with Gasteiger partial charge < -0.3 is 10.2 Å². The van der Waals surface area contributed by atoms with Crippen LogP contribution in [-0.2, 0) is 0 Å². The van der Waals surface area contributed by atoms with Crippen LogP contribution in [0, 0.1) is 5.92 Å². The van der Waals surface area contributed by atoms with Crippen molar-refractivity contribution >= 4 is 40.6 Å². The van der Waals surface area contributed by atoms with E-state index < -0.39 is 0 Å². The zero-order chi connectivity index (χ0) is 17.1. The number of amides is 1. The van der Waals surface area contributed by atoms with Crippen molar-refractivity contribution in [2.45, 2.75) is 19.8 Å². The van der Waals surface area contributed by atoms with Crippen molar-refractivity contribution in [1.29, 1.82) is 0 Å². The highest BCUT2D eigenvalue weighted by molar-refractivity contribution is 6.36. The first-order chi connectivity index (χ1) is 11.5. The van der Waals surface area contributed by atoms with E-state index in [9.17, 15) is 4.79 Å². The van der Waals surface area contributed by atoms with Gasteiger partial charge in [-0.15, -0.1) is 0 Å². The second kappa shape index (κ2) is 7.36. The van der Waals surface area contributed by atoms with E-state index in [0.717, 1.165) is 37.7 Å². The molecule has 2 aromatic rings. The molecule has 1 aliphatic heterocycles. The van der Waals surface area contributed by atoms with E-state index in [0.29, 0.717) is 15.7 Å². The fourth-order valence-corrected chi connectivity index (χ4v) is 3.07. The van der Waals surface area contributed by atoms with Gasteiger partial charge >= 0.3 is 0 Å². The summed E-state index contributed by atoms with van der Waals surface area (Å²) < 4.78 is 0. The minimum absolute atomic E-state index is 0.246. The molecule has 2 heterocycles. The summed E-state index contributed by atoms with van der Waals surface area (Å²) in [4.78, 5) is 23.1. The molecule has 0 unspecified atom stereocenters. The molecule has 24 heavy (non-hydrogen) atoms. The molecule has 0 atom stereocenters. The monoisotopic (exact) mass is 364 g/mol. The average Bonchev–Trinajstić information content (AvgIpc) is 2.58. The van der Waals surface area contributed by atoms with E-state index in [1.54, 1.807) is 24.4 Å². The lowest BCUT2D eigenvalue weighted by Gasteiger charge is -2.30. The van der Waals surface area contributed by atoms with Crippen LogP contribution in [-0.4, -0.2) is 29.0 Å². The third-order valence-corrected chi connectivity index (χ3v) is 4.71. The predicted octanol–water partition coefficient (Wildman–Crippen LogP) is 4.27. The molecule has 0 radical (unpaired) electrons. The number of halogens is 2. The third kappa shape index (κ3) is 3.97. The van der Waals surface area contributed by atoms with Crippen molar-refractivity contribution in [1.82, 2.24) is 9.97 Å². The molecule has 5 nitrogen and oxygen atoms in total. The van der Waals surface area contributed by atoms with Crippen LogP contribution in [0.2, 0.25) is 10.0 Å². The van der Waals surface area contributed by atoms with E-state index >= 15 is 0 Å². The first kappa shape index (κ1) is 17.0. The molecule has 0 aliphatic carbocycles. The summed E-state index contributed by atoms with van der Waals surface area (Å²) in [7, 11) is 0. The summed E-state index contributed by atoms with van der Waals surface area (Å²) in [5.41, 5.74) is 0.733. The molecule has 1 aliphatic rings. The molecule has 1 saturated heterocycles. The third-order valence-electron chi connectivity index (χ3n) is 4.16. The van der Waals surface area contributed by atoms with Gasteiger partial charge in [-0.05, 0) is 37.0 Å². The van der Waals surface area contributed by atoms with Gasteiger partial charge in [0.25, 0.3) is 5.91 Å². The number of benzene rings is 1. The molecule has 1 amide bonds. The van der Waals surface area contributed by atoms with Gasteiger partial charge in [0, 0.05) is 18.1 Å². The summed E-state index contributed by atoms with van der Waals surface area (Å²) in [6, 6.07) is 4.89. The summed E-state index contributed by atoms with van der Waals surface area (Å²) in [6.07, 6.45) is 5.44. The van der Waals surface area contributed by atoms with Crippen molar-refractivity contribution < 1.29 is 4.79 Å². The van der Waals surface area contributed by atoms with Crippen molar-refractivity contribution in [3.8, 4) is 0 Å².